The number of hydrogen-bond donors (Lipinski definition) is 1. The van der Waals surface area contributed by atoms with E-state index in [-0.39, 0.29) is 24.5 Å². The molecule has 5 heteroatoms. The Morgan fingerprint density at radius 3 is 2.45 bits per heavy atom. The van der Waals surface area contributed by atoms with Crippen LogP contribution in [0.2, 0.25) is 0 Å². The highest BCUT2D eigenvalue weighted by Crippen LogP contribution is 2.20. The van der Waals surface area contributed by atoms with Gasteiger partial charge in [-0.25, -0.2) is 0 Å². The van der Waals surface area contributed by atoms with Crippen molar-refractivity contribution in [1.29, 1.82) is 0 Å². The number of hydrogen-bond acceptors (Lipinski definition) is 3. The van der Waals surface area contributed by atoms with Gasteiger partial charge in [-0.1, -0.05) is 74.2 Å². The first-order chi connectivity index (χ1) is 16.0. The molecule has 5 nitrogen and oxygen atoms in total. The summed E-state index contributed by atoms with van der Waals surface area (Å²) in [6, 6.07) is 15.7. The molecule has 1 N–H and O–H groups in total. The summed E-state index contributed by atoms with van der Waals surface area (Å²) in [4.78, 5) is 28.3. The second kappa shape index (κ2) is 12.4. The quantitative estimate of drug-likeness (QED) is 0.555. The van der Waals surface area contributed by atoms with Gasteiger partial charge >= 0.3 is 0 Å². The fourth-order valence-corrected chi connectivity index (χ4v) is 4.62. The summed E-state index contributed by atoms with van der Waals surface area (Å²) in [6.07, 6.45) is 6.86. The van der Waals surface area contributed by atoms with Crippen molar-refractivity contribution in [2.45, 2.75) is 77.8 Å². The van der Waals surface area contributed by atoms with Crippen LogP contribution in [0.3, 0.4) is 0 Å². The molecule has 0 radical (unpaired) electrons. The van der Waals surface area contributed by atoms with Crippen LogP contribution in [0.1, 0.15) is 62.1 Å². The summed E-state index contributed by atoms with van der Waals surface area (Å²) >= 11 is 0. The van der Waals surface area contributed by atoms with E-state index in [2.05, 4.69) is 17.4 Å². The summed E-state index contributed by atoms with van der Waals surface area (Å²) in [7, 11) is 0. The standard InChI is InChI=1S/C28H38N2O3/c1-4-25(28(32)29-24-13-9-6-10-14-24)30(18-17-23-11-7-5-8-12-23)27(31)20-33-26-16-15-21(2)19-22(26)3/h5,7-8,11-12,15-16,19,24-25H,4,6,9-10,13-14,17-18,20H2,1-3H3,(H,29,32)/t25-/m0/s1. The molecule has 0 unspecified atom stereocenters. The molecule has 2 aromatic carbocycles. The molecular weight excluding hydrogens is 412 g/mol. The van der Waals surface area contributed by atoms with Crippen molar-refractivity contribution in [3.8, 4) is 5.75 Å². The maximum Gasteiger partial charge on any atom is 0.261 e. The highest BCUT2D eigenvalue weighted by Gasteiger charge is 2.30. The van der Waals surface area contributed by atoms with Crippen molar-refractivity contribution in [3.63, 3.8) is 0 Å². The molecule has 0 bridgehead atoms. The Bertz CT molecular complexity index is 907. The lowest BCUT2D eigenvalue weighted by Crippen LogP contribution is -2.53. The molecule has 3 rings (SSSR count). The molecule has 1 aliphatic rings. The Balaban J connectivity index is 1.71. The van der Waals surface area contributed by atoms with Gasteiger partial charge in [-0.3, -0.25) is 9.59 Å². The number of nitrogens with zero attached hydrogens (tertiary/aromatic N) is 1. The molecule has 33 heavy (non-hydrogen) atoms. The third-order valence-electron chi connectivity index (χ3n) is 6.50. The second-order valence-electron chi connectivity index (χ2n) is 9.15. The van der Waals surface area contributed by atoms with Crippen LogP contribution in [0.5, 0.6) is 5.75 Å². The van der Waals surface area contributed by atoms with Gasteiger partial charge in [0.15, 0.2) is 6.61 Å². The Hall–Kier alpha value is -2.82. The number of nitrogens with one attached hydrogen (secondary N) is 1. The zero-order valence-corrected chi connectivity index (χ0v) is 20.3. The van der Waals surface area contributed by atoms with Crippen molar-refractivity contribution in [2.24, 2.45) is 0 Å². The molecule has 0 aliphatic heterocycles. The van der Waals surface area contributed by atoms with Gasteiger partial charge in [0.05, 0.1) is 0 Å². The van der Waals surface area contributed by atoms with Gasteiger partial charge in [-0.15, -0.1) is 0 Å². The predicted octanol–water partition coefficient (Wildman–Crippen LogP) is 4.98. The number of carbonyl (C=O) groups excluding carboxylic acids is 2. The molecule has 1 aliphatic carbocycles. The van der Waals surface area contributed by atoms with Crippen LogP contribution in [0.15, 0.2) is 48.5 Å². The van der Waals surface area contributed by atoms with E-state index in [4.69, 9.17) is 4.74 Å². The molecule has 0 heterocycles. The van der Waals surface area contributed by atoms with Gasteiger partial charge in [0, 0.05) is 12.6 Å². The van der Waals surface area contributed by atoms with Gasteiger partial charge in [-0.2, -0.15) is 0 Å². The minimum atomic E-state index is -0.495. The normalized spacial score (nSPS) is 15.0. The number of benzene rings is 2. The number of amides is 2. The molecule has 0 aromatic heterocycles. The minimum absolute atomic E-state index is 0.0441. The average Bonchev–Trinajstić information content (AvgIpc) is 2.82. The van der Waals surface area contributed by atoms with E-state index in [9.17, 15) is 9.59 Å². The largest absolute Gasteiger partial charge is 0.483 e. The molecule has 2 amide bonds. The Labute approximate surface area is 198 Å². The van der Waals surface area contributed by atoms with Gasteiger partial charge < -0.3 is 15.0 Å². The highest BCUT2D eigenvalue weighted by molar-refractivity contribution is 5.88. The Morgan fingerprint density at radius 2 is 1.79 bits per heavy atom. The van der Waals surface area contributed by atoms with Crippen molar-refractivity contribution in [3.05, 3.63) is 65.2 Å². The molecule has 0 saturated heterocycles. The fourth-order valence-electron chi connectivity index (χ4n) is 4.62. The van der Waals surface area contributed by atoms with E-state index in [1.165, 1.54) is 6.42 Å². The van der Waals surface area contributed by atoms with Gasteiger partial charge in [-0.05, 0) is 56.7 Å². The minimum Gasteiger partial charge on any atom is -0.483 e. The first-order valence-corrected chi connectivity index (χ1v) is 12.3. The first-order valence-electron chi connectivity index (χ1n) is 12.3. The van der Waals surface area contributed by atoms with Crippen LogP contribution >= 0.6 is 0 Å². The van der Waals surface area contributed by atoms with Crippen LogP contribution < -0.4 is 10.1 Å². The van der Waals surface area contributed by atoms with Crippen molar-refractivity contribution in [1.82, 2.24) is 10.2 Å². The van der Waals surface area contributed by atoms with Gasteiger partial charge in [0.1, 0.15) is 11.8 Å². The van der Waals surface area contributed by atoms with E-state index in [1.807, 2.05) is 57.2 Å². The van der Waals surface area contributed by atoms with Gasteiger partial charge in [0.2, 0.25) is 5.91 Å². The molecule has 1 atom stereocenters. The average molecular weight is 451 g/mol. The molecule has 178 valence electrons. The summed E-state index contributed by atoms with van der Waals surface area (Å²) in [5.74, 6) is 0.505. The van der Waals surface area contributed by atoms with E-state index >= 15 is 0 Å². The van der Waals surface area contributed by atoms with Crippen LogP contribution in [0.25, 0.3) is 0 Å². The van der Waals surface area contributed by atoms with Crippen LogP contribution in [0, 0.1) is 13.8 Å². The van der Waals surface area contributed by atoms with Gasteiger partial charge in [0.25, 0.3) is 5.91 Å². The zero-order chi connectivity index (χ0) is 23.6. The number of aryl methyl sites for hydroxylation is 2. The number of rotatable bonds is 10. The van der Waals surface area contributed by atoms with E-state index < -0.39 is 6.04 Å². The maximum atomic E-state index is 13.3. The van der Waals surface area contributed by atoms with Crippen LogP contribution in [-0.2, 0) is 16.0 Å². The summed E-state index contributed by atoms with van der Waals surface area (Å²) in [5.41, 5.74) is 3.30. The lowest BCUT2D eigenvalue weighted by molar-refractivity contribution is -0.142. The maximum absolute atomic E-state index is 13.3. The molecule has 1 saturated carbocycles. The van der Waals surface area contributed by atoms with Crippen LogP contribution in [0.4, 0.5) is 0 Å². The molecule has 1 fully saturated rings. The smallest absolute Gasteiger partial charge is 0.261 e. The fraction of sp³-hybridized carbons (Fsp3) is 0.500. The lowest BCUT2D eigenvalue weighted by Gasteiger charge is -2.32. The first kappa shape index (κ1) is 24.8. The monoisotopic (exact) mass is 450 g/mol. The topological polar surface area (TPSA) is 58.6 Å². The summed E-state index contributed by atoms with van der Waals surface area (Å²) in [6.45, 7) is 6.39. The SMILES string of the molecule is CC[C@@H](C(=O)NC1CCCCC1)N(CCc1ccccc1)C(=O)COc1ccc(C)cc1C. The summed E-state index contributed by atoms with van der Waals surface area (Å²) in [5, 5.41) is 3.22. The predicted molar refractivity (Wildman–Crippen MR) is 132 cm³/mol. The third kappa shape index (κ3) is 7.34. The second-order valence-corrected chi connectivity index (χ2v) is 9.15. The van der Waals surface area contributed by atoms with Crippen molar-refractivity contribution < 1.29 is 14.3 Å². The number of ether oxygens (including phenoxy) is 1. The van der Waals surface area contributed by atoms with E-state index in [0.717, 1.165) is 42.4 Å². The molecular formula is C28H38N2O3. The van der Waals surface area contributed by atoms with Crippen molar-refractivity contribution >= 4 is 11.8 Å². The number of carbonyl (C=O) groups is 2. The molecule has 2 aromatic rings. The highest BCUT2D eigenvalue weighted by atomic mass is 16.5. The van der Waals surface area contributed by atoms with Crippen molar-refractivity contribution in [2.75, 3.05) is 13.2 Å². The van der Waals surface area contributed by atoms with Crippen LogP contribution in [-0.4, -0.2) is 41.9 Å². The summed E-state index contributed by atoms with van der Waals surface area (Å²) < 4.78 is 5.89. The van der Waals surface area contributed by atoms with E-state index in [1.54, 1.807) is 4.90 Å². The zero-order valence-electron chi connectivity index (χ0n) is 20.3. The lowest BCUT2D eigenvalue weighted by atomic mass is 9.95. The third-order valence-corrected chi connectivity index (χ3v) is 6.50. The molecule has 0 spiro atoms. The Morgan fingerprint density at radius 1 is 1.06 bits per heavy atom. The Kier molecular flexibility index (Phi) is 9.35. The van der Waals surface area contributed by atoms with E-state index in [0.29, 0.717) is 25.1 Å².